The van der Waals surface area contributed by atoms with Crippen molar-refractivity contribution in [3.63, 3.8) is 0 Å². The van der Waals surface area contributed by atoms with Gasteiger partial charge < -0.3 is 0 Å². The molecule has 4 heteroatoms. The van der Waals surface area contributed by atoms with Gasteiger partial charge in [0.05, 0.1) is 0 Å². The fourth-order valence-electron chi connectivity index (χ4n) is 0.635. The summed E-state index contributed by atoms with van der Waals surface area (Å²) in [5, 5.41) is 1.74. The van der Waals surface area contributed by atoms with E-state index in [0.717, 1.165) is 10.3 Å². The first-order valence-corrected chi connectivity index (χ1v) is 6.99. The number of benzene rings is 1. The van der Waals surface area contributed by atoms with Crippen molar-refractivity contribution in [2.24, 2.45) is 0 Å². The SMILES string of the molecule is S=[PH](S)c1ccccc1Cl. The zero-order valence-electron chi connectivity index (χ0n) is 5.04. The molecule has 10 heavy (non-hydrogen) atoms. The van der Waals surface area contributed by atoms with Crippen LogP contribution >= 0.6 is 29.7 Å². The van der Waals surface area contributed by atoms with E-state index in [1.165, 1.54) is 0 Å². The Kier molecular flexibility index (Phi) is 3.25. The second-order valence-electron chi connectivity index (χ2n) is 1.78. The van der Waals surface area contributed by atoms with E-state index in [1.54, 1.807) is 0 Å². The van der Waals surface area contributed by atoms with Crippen molar-refractivity contribution >= 4 is 46.9 Å². The Morgan fingerprint density at radius 3 is 2.40 bits per heavy atom. The fraction of sp³-hybridized carbons (Fsp3) is 0. The average molecular weight is 209 g/mol. The highest BCUT2D eigenvalue weighted by Crippen LogP contribution is 2.28. The minimum atomic E-state index is -1.10. The van der Waals surface area contributed by atoms with Crippen molar-refractivity contribution in [2.45, 2.75) is 0 Å². The maximum Gasteiger partial charge on any atom is 0.0495 e. The van der Waals surface area contributed by atoms with Gasteiger partial charge >= 0.3 is 0 Å². The zero-order valence-corrected chi connectivity index (χ0v) is 8.51. The van der Waals surface area contributed by atoms with Crippen LogP contribution in [0.15, 0.2) is 24.3 Å². The van der Waals surface area contributed by atoms with Crippen LogP contribution in [-0.4, -0.2) is 0 Å². The number of rotatable bonds is 1. The fourth-order valence-corrected chi connectivity index (χ4v) is 3.06. The molecule has 0 aliphatic rings. The lowest BCUT2D eigenvalue weighted by Gasteiger charge is -1.98. The van der Waals surface area contributed by atoms with Crippen LogP contribution in [0.1, 0.15) is 0 Å². The van der Waals surface area contributed by atoms with Gasteiger partial charge in [0.2, 0.25) is 0 Å². The number of halogens is 1. The van der Waals surface area contributed by atoms with Gasteiger partial charge in [-0.1, -0.05) is 41.6 Å². The summed E-state index contributed by atoms with van der Waals surface area (Å²) in [5.41, 5.74) is 0. The molecule has 0 saturated carbocycles. The maximum atomic E-state index is 5.83. The molecule has 0 saturated heterocycles. The van der Waals surface area contributed by atoms with Gasteiger partial charge in [0.1, 0.15) is 0 Å². The van der Waals surface area contributed by atoms with E-state index in [2.05, 4.69) is 12.2 Å². The van der Waals surface area contributed by atoms with Crippen LogP contribution in [0.25, 0.3) is 0 Å². The molecule has 0 fully saturated rings. The molecule has 0 aromatic heterocycles. The molecule has 0 spiro atoms. The van der Waals surface area contributed by atoms with Gasteiger partial charge in [0.25, 0.3) is 0 Å². The van der Waals surface area contributed by atoms with E-state index in [-0.39, 0.29) is 0 Å². The Labute approximate surface area is 76.2 Å². The minimum Gasteiger partial charge on any atom is -0.140 e. The van der Waals surface area contributed by atoms with Crippen LogP contribution in [-0.2, 0) is 11.8 Å². The predicted molar refractivity (Wildman–Crippen MR) is 55.8 cm³/mol. The first-order valence-electron chi connectivity index (χ1n) is 2.69. The summed E-state index contributed by atoms with van der Waals surface area (Å²) >= 11 is 15.0. The largest absolute Gasteiger partial charge is 0.140 e. The van der Waals surface area contributed by atoms with E-state index in [0.29, 0.717) is 0 Å². The van der Waals surface area contributed by atoms with Crippen LogP contribution in [0.5, 0.6) is 0 Å². The third-order valence-corrected chi connectivity index (χ3v) is 3.87. The minimum absolute atomic E-state index is 0.737. The molecule has 1 atom stereocenters. The lowest BCUT2D eigenvalue weighted by atomic mass is 10.4. The van der Waals surface area contributed by atoms with Gasteiger partial charge in [-0.3, -0.25) is 0 Å². The number of thiol groups is 1. The lowest BCUT2D eigenvalue weighted by Crippen LogP contribution is -1.92. The van der Waals surface area contributed by atoms with Crippen LogP contribution in [0, 0.1) is 0 Å². The van der Waals surface area contributed by atoms with E-state index in [1.807, 2.05) is 24.3 Å². The zero-order chi connectivity index (χ0) is 7.56. The molecule has 1 unspecified atom stereocenters. The Hall–Kier alpha value is 0.510. The second-order valence-corrected chi connectivity index (χ2v) is 6.82. The predicted octanol–water partition coefficient (Wildman–Crippen LogP) is 2.49. The van der Waals surface area contributed by atoms with Crippen molar-refractivity contribution in [2.75, 3.05) is 0 Å². The van der Waals surface area contributed by atoms with Gasteiger partial charge in [-0.2, -0.15) is 0 Å². The first-order chi connectivity index (χ1) is 4.72. The third kappa shape index (κ3) is 2.00. The first kappa shape index (κ1) is 8.61. The summed E-state index contributed by atoms with van der Waals surface area (Å²) in [7, 11) is 0. The molecule has 1 aromatic rings. The normalized spacial score (nSPS) is 13.0. The van der Waals surface area contributed by atoms with Crippen molar-refractivity contribution in [3.8, 4) is 0 Å². The van der Waals surface area contributed by atoms with Crippen molar-refractivity contribution in [1.29, 1.82) is 0 Å². The van der Waals surface area contributed by atoms with Gasteiger partial charge in [-0.15, -0.1) is 12.2 Å². The summed E-state index contributed by atoms with van der Waals surface area (Å²) in [6.07, 6.45) is 0. The van der Waals surface area contributed by atoms with Gasteiger partial charge in [0.15, 0.2) is 0 Å². The third-order valence-electron chi connectivity index (χ3n) is 1.10. The molecule has 0 bridgehead atoms. The topological polar surface area (TPSA) is 0 Å². The summed E-state index contributed by atoms with van der Waals surface area (Å²) in [6.45, 7) is 0. The monoisotopic (exact) mass is 208 g/mol. The lowest BCUT2D eigenvalue weighted by molar-refractivity contribution is 1.78. The van der Waals surface area contributed by atoms with Crippen LogP contribution in [0.2, 0.25) is 5.02 Å². The van der Waals surface area contributed by atoms with Crippen LogP contribution < -0.4 is 5.30 Å². The second kappa shape index (κ2) is 3.77. The molecule has 0 N–H and O–H groups in total. The highest BCUT2D eigenvalue weighted by atomic mass is 35.5. The van der Waals surface area contributed by atoms with Crippen molar-refractivity contribution < 1.29 is 0 Å². The Balaban J connectivity index is 3.15. The molecule has 1 rings (SSSR count). The van der Waals surface area contributed by atoms with E-state index in [9.17, 15) is 0 Å². The Bertz CT molecular complexity index is 262. The quantitative estimate of drug-likeness (QED) is 0.547. The molecule has 0 nitrogen and oxygen atoms in total. The summed E-state index contributed by atoms with van der Waals surface area (Å²) in [4.78, 5) is 0. The highest BCUT2D eigenvalue weighted by molar-refractivity contribution is 8.58. The Morgan fingerprint density at radius 2 is 2.00 bits per heavy atom. The van der Waals surface area contributed by atoms with E-state index < -0.39 is 5.90 Å². The van der Waals surface area contributed by atoms with Gasteiger partial charge in [-0.25, -0.2) is 0 Å². The average Bonchev–Trinajstić information content (AvgIpc) is 1.88. The molecule has 0 aliphatic heterocycles. The van der Waals surface area contributed by atoms with Gasteiger partial charge in [0, 0.05) is 16.2 Å². The molecule has 0 aliphatic carbocycles. The highest BCUT2D eigenvalue weighted by Gasteiger charge is 1.97. The summed E-state index contributed by atoms with van der Waals surface area (Å²) < 4.78 is 0. The Morgan fingerprint density at radius 1 is 1.40 bits per heavy atom. The summed E-state index contributed by atoms with van der Waals surface area (Å²) in [6, 6.07) is 7.58. The molecular formula is C6H6ClPS2. The van der Waals surface area contributed by atoms with E-state index >= 15 is 0 Å². The maximum absolute atomic E-state index is 5.83. The smallest absolute Gasteiger partial charge is 0.0495 e. The molecular weight excluding hydrogens is 203 g/mol. The standard InChI is InChI=1S/C6H6ClPS2/c7-5-3-1-2-4-6(5)8(9)10/h1-4,8H,(H,9,10). The van der Waals surface area contributed by atoms with Crippen LogP contribution in [0.4, 0.5) is 0 Å². The van der Waals surface area contributed by atoms with Crippen molar-refractivity contribution in [1.82, 2.24) is 0 Å². The number of hydrogen-bond donors (Lipinski definition) is 1. The molecule has 0 radical (unpaired) electrons. The van der Waals surface area contributed by atoms with Crippen molar-refractivity contribution in [3.05, 3.63) is 29.3 Å². The summed E-state index contributed by atoms with van der Waals surface area (Å²) in [5.74, 6) is -1.10. The van der Waals surface area contributed by atoms with Crippen LogP contribution in [0.3, 0.4) is 0 Å². The molecule has 0 heterocycles. The number of hydrogen-bond acceptors (Lipinski definition) is 1. The molecule has 1 aromatic carbocycles. The van der Waals surface area contributed by atoms with Gasteiger partial charge in [-0.05, 0) is 6.07 Å². The molecule has 0 amide bonds. The van der Waals surface area contributed by atoms with E-state index in [4.69, 9.17) is 23.4 Å². The molecule has 54 valence electrons.